The molecule has 3 rings (SSSR count). The summed E-state index contributed by atoms with van der Waals surface area (Å²) in [6.45, 7) is 0. The Kier molecular flexibility index (Phi) is 2.37. The molecule has 1 heterocycles. The number of aryl methyl sites for hydroxylation is 1. The zero-order chi connectivity index (χ0) is 11.8. The lowest BCUT2D eigenvalue weighted by atomic mass is 9.99. The maximum absolute atomic E-state index is 9.73. The Morgan fingerprint density at radius 2 is 2.12 bits per heavy atom. The summed E-state index contributed by atoms with van der Waals surface area (Å²) in [4.78, 5) is 4.38. The Bertz CT molecular complexity index is 547. The van der Waals surface area contributed by atoms with E-state index < -0.39 is 0 Å². The maximum Gasteiger partial charge on any atom is 0.230 e. The fraction of sp³-hybridized carbons (Fsp3) is 0.308. The highest BCUT2D eigenvalue weighted by molar-refractivity contribution is 5.62. The zero-order valence-electron chi connectivity index (χ0n) is 9.26. The lowest BCUT2D eigenvalue weighted by molar-refractivity contribution is 0.150. The Balaban J connectivity index is 2.03. The first-order chi connectivity index (χ1) is 8.24. The highest BCUT2D eigenvalue weighted by Crippen LogP contribution is 2.32. The van der Waals surface area contributed by atoms with Crippen molar-refractivity contribution in [3.63, 3.8) is 0 Å². The molecule has 1 aliphatic carbocycles. The van der Waals surface area contributed by atoms with Gasteiger partial charge < -0.3 is 14.6 Å². The van der Waals surface area contributed by atoms with Gasteiger partial charge in [0.05, 0.1) is 17.4 Å². The van der Waals surface area contributed by atoms with Crippen molar-refractivity contribution in [1.82, 2.24) is 4.98 Å². The summed E-state index contributed by atoms with van der Waals surface area (Å²) in [5.74, 6) is 1.33. The van der Waals surface area contributed by atoms with Crippen LogP contribution in [-0.4, -0.2) is 21.3 Å². The molecule has 4 heteroatoms. The summed E-state index contributed by atoms with van der Waals surface area (Å²) in [5, 5.41) is 19.3. The molecule has 0 radical (unpaired) electrons. The van der Waals surface area contributed by atoms with Gasteiger partial charge in [-0.05, 0) is 25.0 Å². The molecule has 2 N–H and O–H groups in total. The van der Waals surface area contributed by atoms with Gasteiger partial charge in [-0.2, -0.15) is 0 Å². The molecule has 88 valence electrons. The predicted octanol–water partition coefficient (Wildman–Crippen LogP) is 1.90. The van der Waals surface area contributed by atoms with E-state index in [1.54, 1.807) is 18.2 Å². The number of rotatable bonds is 1. The van der Waals surface area contributed by atoms with Gasteiger partial charge in [0.2, 0.25) is 5.89 Å². The predicted molar refractivity (Wildman–Crippen MR) is 61.6 cm³/mol. The number of oxazole rings is 1. The van der Waals surface area contributed by atoms with E-state index >= 15 is 0 Å². The van der Waals surface area contributed by atoms with E-state index in [1.165, 1.54) is 0 Å². The van der Waals surface area contributed by atoms with Crippen molar-refractivity contribution in [2.24, 2.45) is 0 Å². The van der Waals surface area contributed by atoms with Crippen molar-refractivity contribution in [2.75, 3.05) is 0 Å². The third-order valence-electron chi connectivity index (χ3n) is 3.05. The highest BCUT2D eigenvalue weighted by atomic mass is 16.4. The largest absolute Gasteiger partial charge is 0.507 e. The number of aliphatic hydroxyl groups is 1. The van der Waals surface area contributed by atoms with Crippen molar-refractivity contribution in [3.05, 3.63) is 35.7 Å². The topological polar surface area (TPSA) is 66.5 Å². The summed E-state index contributed by atoms with van der Waals surface area (Å²) in [6.07, 6.45) is 1.62. The monoisotopic (exact) mass is 231 g/mol. The molecule has 1 unspecified atom stereocenters. The van der Waals surface area contributed by atoms with E-state index in [4.69, 9.17) is 4.42 Å². The number of fused-ring (bicyclic) bond motifs is 1. The Morgan fingerprint density at radius 1 is 1.29 bits per heavy atom. The van der Waals surface area contributed by atoms with Gasteiger partial charge in [0.25, 0.3) is 0 Å². The molecule has 1 aliphatic rings. The SMILES string of the molecule is Oc1ccccc1-c1nc2c(o1)CC(O)CC2. The first-order valence-electron chi connectivity index (χ1n) is 5.69. The molecule has 0 bridgehead atoms. The molecular formula is C13H13NO3. The Hall–Kier alpha value is -1.81. The van der Waals surface area contributed by atoms with Crippen molar-refractivity contribution >= 4 is 0 Å². The number of para-hydroxylation sites is 1. The van der Waals surface area contributed by atoms with E-state index in [2.05, 4.69) is 4.98 Å². The van der Waals surface area contributed by atoms with Gasteiger partial charge in [0.1, 0.15) is 11.5 Å². The second-order valence-corrected chi connectivity index (χ2v) is 4.30. The van der Waals surface area contributed by atoms with Crippen molar-refractivity contribution < 1.29 is 14.6 Å². The van der Waals surface area contributed by atoms with Crippen molar-refractivity contribution in [3.8, 4) is 17.2 Å². The van der Waals surface area contributed by atoms with Crippen LogP contribution in [-0.2, 0) is 12.8 Å². The number of benzene rings is 1. The number of aliphatic hydroxyl groups excluding tert-OH is 1. The Morgan fingerprint density at radius 3 is 2.94 bits per heavy atom. The molecule has 0 spiro atoms. The van der Waals surface area contributed by atoms with Gasteiger partial charge in [0, 0.05) is 6.42 Å². The molecule has 1 atom stereocenters. The Labute approximate surface area is 98.5 Å². The van der Waals surface area contributed by atoms with Crippen LogP contribution in [0.4, 0.5) is 0 Å². The van der Waals surface area contributed by atoms with Crippen LogP contribution in [0.15, 0.2) is 28.7 Å². The fourth-order valence-electron chi connectivity index (χ4n) is 2.13. The molecule has 1 aromatic carbocycles. The summed E-state index contributed by atoms with van der Waals surface area (Å²) < 4.78 is 5.61. The van der Waals surface area contributed by atoms with E-state index in [0.29, 0.717) is 17.9 Å². The molecule has 17 heavy (non-hydrogen) atoms. The van der Waals surface area contributed by atoms with Gasteiger partial charge in [-0.1, -0.05) is 12.1 Å². The molecule has 0 saturated carbocycles. The zero-order valence-corrected chi connectivity index (χ0v) is 9.26. The number of hydrogen-bond donors (Lipinski definition) is 2. The van der Waals surface area contributed by atoms with Crippen LogP contribution in [0.1, 0.15) is 17.9 Å². The summed E-state index contributed by atoms with van der Waals surface area (Å²) in [7, 11) is 0. The minimum atomic E-state index is -0.340. The molecule has 0 saturated heterocycles. The summed E-state index contributed by atoms with van der Waals surface area (Å²) >= 11 is 0. The van der Waals surface area contributed by atoms with Gasteiger partial charge in [-0.3, -0.25) is 0 Å². The summed E-state index contributed by atoms with van der Waals surface area (Å²) in [6, 6.07) is 6.95. The second-order valence-electron chi connectivity index (χ2n) is 4.30. The van der Waals surface area contributed by atoms with Gasteiger partial charge in [-0.25, -0.2) is 4.98 Å². The normalized spacial score (nSPS) is 19.0. The third kappa shape index (κ3) is 1.80. The average molecular weight is 231 g/mol. The second kappa shape index (κ2) is 3.89. The number of hydrogen-bond acceptors (Lipinski definition) is 4. The summed E-state index contributed by atoms with van der Waals surface area (Å²) in [5.41, 5.74) is 1.49. The molecule has 2 aromatic rings. The third-order valence-corrected chi connectivity index (χ3v) is 3.05. The minimum Gasteiger partial charge on any atom is -0.507 e. The van der Waals surface area contributed by atoms with Gasteiger partial charge in [0.15, 0.2) is 0 Å². The van der Waals surface area contributed by atoms with E-state index in [-0.39, 0.29) is 11.9 Å². The van der Waals surface area contributed by atoms with E-state index in [1.807, 2.05) is 6.07 Å². The first kappa shape index (κ1) is 10.4. The van der Waals surface area contributed by atoms with Gasteiger partial charge in [-0.15, -0.1) is 0 Å². The number of phenols is 1. The van der Waals surface area contributed by atoms with Crippen molar-refractivity contribution in [1.29, 1.82) is 0 Å². The standard InChI is InChI=1S/C13H13NO3/c15-8-5-6-10-12(7-8)17-13(14-10)9-3-1-2-4-11(9)16/h1-4,8,15-16H,5-7H2. The smallest absolute Gasteiger partial charge is 0.230 e. The van der Waals surface area contributed by atoms with Crippen LogP contribution in [0.25, 0.3) is 11.5 Å². The van der Waals surface area contributed by atoms with Crippen LogP contribution >= 0.6 is 0 Å². The highest BCUT2D eigenvalue weighted by Gasteiger charge is 2.23. The lowest BCUT2D eigenvalue weighted by Crippen LogP contribution is -2.17. The van der Waals surface area contributed by atoms with Crippen LogP contribution < -0.4 is 0 Å². The molecule has 0 aliphatic heterocycles. The molecule has 1 aromatic heterocycles. The van der Waals surface area contributed by atoms with Crippen LogP contribution in [0.3, 0.4) is 0 Å². The lowest BCUT2D eigenvalue weighted by Gasteiger charge is -2.13. The fourth-order valence-corrected chi connectivity index (χ4v) is 2.13. The van der Waals surface area contributed by atoms with Crippen LogP contribution in [0.2, 0.25) is 0 Å². The first-order valence-corrected chi connectivity index (χ1v) is 5.69. The number of phenolic OH excluding ortho intramolecular Hbond substituents is 1. The number of aromatic hydroxyl groups is 1. The van der Waals surface area contributed by atoms with Crippen LogP contribution in [0.5, 0.6) is 5.75 Å². The van der Waals surface area contributed by atoms with Crippen molar-refractivity contribution in [2.45, 2.75) is 25.4 Å². The number of nitrogens with zero attached hydrogens (tertiary/aromatic N) is 1. The van der Waals surface area contributed by atoms with E-state index in [9.17, 15) is 10.2 Å². The molecule has 4 nitrogen and oxygen atoms in total. The quantitative estimate of drug-likeness (QED) is 0.786. The van der Waals surface area contributed by atoms with Gasteiger partial charge >= 0.3 is 0 Å². The average Bonchev–Trinajstić information content (AvgIpc) is 2.72. The van der Waals surface area contributed by atoms with E-state index in [0.717, 1.165) is 24.3 Å². The van der Waals surface area contributed by atoms with Crippen LogP contribution in [0, 0.1) is 0 Å². The molecule has 0 fully saturated rings. The maximum atomic E-state index is 9.73. The molecule has 0 amide bonds. The minimum absolute atomic E-state index is 0.159. The number of aromatic nitrogens is 1. The molecular weight excluding hydrogens is 218 g/mol.